The molecule has 0 bridgehead atoms. The van der Waals surface area contributed by atoms with E-state index in [2.05, 4.69) is 17.3 Å². The molecular formula is C16H23ClN2O. The Morgan fingerprint density at radius 3 is 2.60 bits per heavy atom. The number of nitrogens with zero attached hydrogens (tertiary/aromatic N) is 1. The molecule has 1 unspecified atom stereocenters. The van der Waals surface area contributed by atoms with Gasteiger partial charge in [0.15, 0.2) is 0 Å². The maximum absolute atomic E-state index is 12.2. The number of hydrogen-bond acceptors (Lipinski definition) is 2. The van der Waals surface area contributed by atoms with Gasteiger partial charge in [-0.15, -0.1) is 0 Å². The Balaban J connectivity index is 1.95. The van der Waals surface area contributed by atoms with E-state index >= 15 is 0 Å². The Morgan fingerprint density at radius 1 is 1.30 bits per heavy atom. The molecule has 1 N–H and O–H groups in total. The van der Waals surface area contributed by atoms with Crippen LogP contribution in [0.25, 0.3) is 0 Å². The lowest BCUT2D eigenvalue weighted by Crippen LogP contribution is -2.49. The first kappa shape index (κ1) is 15.3. The van der Waals surface area contributed by atoms with Gasteiger partial charge in [0, 0.05) is 6.04 Å². The molecule has 3 nitrogen and oxygen atoms in total. The van der Waals surface area contributed by atoms with Crippen LogP contribution in [-0.4, -0.2) is 30.1 Å². The average Bonchev–Trinajstić information content (AvgIpc) is 2.47. The highest BCUT2D eigenvalue weighted by atomic mass is 35.5. The second kappa shape index (κ2) is 7.09. The van der Waals surface area contributed by atoms with Crippen LogP contribution in [0.1, 0.15) is 49.4 Å². The van der Waals surface area contributed by atoms with Gasteiger partial charge in [-0.2, -0.15) is 0 Å². The minimum absolute atomic E-state index is 0.0156. The number of rotatable bonds is 4. The zero-order valence-corrected chi connectivity index (χ0v) is 13.0. The van der Waals surface area contributed by atoms with Gasteiger partial charge in [0.05, 0.1) is 16.8 Å². The Kier molecular flexibility index (Phi) is 5.44. The molecule has 1 amide bonds. The van der Waals surface area contributed by atoms with Crippen LogP contribution in [0, 0.1) is 0 Å². The van der Waals surface area contributed by atoms with E-state index in [1.54, 1.807) is 12.1 Å². The number of carbonyl (C=O) groups excluding carboxylic acids is 1. The van der Waals surface area contributed by atoms with Crippen molar-refractivity contribution < 1.29 is 4.79 Å². The van der Waals surface area contributed by atoms with Crippen molar-refractivity contribution in [3.05, 3.63) is 34.9 Å². The van der Waals surface area contributed by atoms with Gasteiger partial charge in [0.2, 0.25) is 0 Å². The van der Waals surface area contributed by atoms with Crippen molar-refractivity contribution in [2.45, 2.75) is 51.2 Å². The number of halogens is 1. The van der Waals surface area contributed by atoms with E-state index in [1.165, 1.54) is 32.1 Å². The molecule has 0 radical (unpaired) electrons. The molecule has 1 atom stereocenters. The molecule has 4 heteroatoms. The highest BCUT2D eigenvalue weighted by molar-refractivity contribution is 6.33. The van der Waals surface area contributed by atoms with E-state index in [0.717, 1.165) is 0 Å². The van der Waals surface area contributed by atoms with Gasteiger partial charge in [0.25, 0.3) is 5.91 Å². The van der Waals surface area contributed by atoms with Crippen molar-refractivity contribution in [1.29, 1.82) is 0 Å². The third-order valence-corrected chi connectivity index (χ3v) is 4.55. The predicted octanol–water partition coefficient (Wildman–Crippen LogP) is 3.68. The fourth-order valence-electron chi connectivity index (χ4n) is 2.82. The minimum Gasteiger partial charge on any atom is -0.337 e. The smallest absolute Gasteiger partial charge is 0.254 e. The van der Waals surface area contributed by atoms with Crippen LogP contribution < -0.4 is 5.32 Å². The molecule has 0 heterocycles. The number of hydrogen-bond donors (Lipinski definition) is 1. The summed E-state index contributed by atoms with van der Waals surface area (Å²) < 4.78 is 0. The third-order valence-electron chi connectivity index (χ3n) is 4.22. The SMILES string of the molecule is CC(NC(=O)c1ccccc1Cl)N(C)C1CCCCC1. The van der Waals surface area contributed by atoms with E-state index in [-0.39, 0.29) is 12.1 Å². The van der Waals surface area contributed by atoms with Crippen LogP contribution in [0.3, 0.4) is 0 Å². The van der Waals surface area contributed by atoms with Crippen molar-refractivity contribution in [2.75, 3.05) is 7.05 Å². The minimum atomic E-state index is -0.106. The van der Waals surface area contributed by atoms with E-state index in [0.29, 0.717) is 16.6 Å². The first-order valence-electron chi connectivity index (χ1n) is 7.37. The van der Waals surface area contributed by atoms with Gasteiger partial charge in [-0.1, -0.05) is 43.0 Å². The van der Waals surface area contributed by atoms with E-state index in [1.807, 2.05) is 19.1 Å². The van der Waals surface area contributed by atoms with Gasteiger partial charge in [-0.05, 0) is 38.9 Å². The lowest BCUT2D eigenvalue weighted by atomic mass is 9.94. The van der Waals surface area contributed by atoms with Gasteiger partial charge < -0.3 is 5.32 Å². The van der Waals surface area contributed by atoms with Crippen molar-refractivity contribution >= 4 is 17.5 Å². The summed E-state index contributed by atoms with van der Waals surface area (Å²) in [6, 6.07) is 7.73. The molecule has 1 saturated carbocycles. The van der Waals surface area contributed by atoms with E-state index < -0.39 is 0 Å². The molecule has 0 spiro atoms. The number of amides is 1. The monoisotopic (exact) mass is 294 g/mol. The van der Waals surface area contributed by atoms with Crippen molar-refractivity contribution in [3.8, 4) is 0 Å². The molecule has 110 valence electrons. The van der Waals surface area contributed by atoms with Crippen molar-refractivity contribution in [2.24, 2.45) is 0 Å². The molecule has 1 aliphatic rings. The summed E-state index contributed by atoms with van der Waals surface area (Å²) in [7, 11) is 2.09. The molecule has 1 aliphatic carbocycles. The van der Waals surface area contributed by atoms with Crippen LogP contribution in [-0.2, 0) is 0 Å². The van der Waals surface area contributed by atoms with Crippen LogP contribution in [0.4, 0.5) is 0 Å². The molecular weight excluding hydrogens is 272 g/mol. The lowest BCUT2D eigenvalue weighted by molar-refractivity contribution is 0.0810. The molecule has 1 aromatic rings. The summed E-state index contributed by atoms with van der Waals surface area (Å²) in [4.78, 5) is 14.5. The standard InChI is InChI=1S/C16H23ClN2O/c1-12(19(2)13-8-4-3-5-9-13)18-16(20)14-10-6-7-11-15(14)17/h6-7,10-13H,3-5,8-9H2,1-2H3,(H,18,20). The lowest BCUT2D eigenvalue weighted by Gasteiger charge is -2.35. The maximum Gasteiger partial charge on any atom is 0.254 e. The summed E-state index contributed by atoms with van der Waals surface area (Å²) in [6.07, 6.45) is 6.39. The zero-order valence-electron chi connectivity index (χ0n) is 12.2. The fourth-order valence-corrected chi connectivity index (χ4v) is 3.04. The summed E-state index contributed by atoms with van der Waals surface area (Å²) >= 11 is 6.06. The van der Waals surface area contributed by atoms with Crippen LogP contribution in [0.15, 0.2) is 24.3 Å². The van der Waals surface area contributed by atoms with E-state index in [4.69, 9.17) is 11.6 Å². The molecule has 0 aliphatic heterocycles. The quantitative estimate of drug-likeness (QED) is 0.859. The summed E-state index contributed by atoms with van der Waals surface area (Å²) in [6.45, 7) is 2.03. The number of nitrogens with one attached hydrogen (secondary N) is 1. The fraction of sp³-hybridized carbons (Fsp3) is 0.562. The highest BCUT2D eigenvalue weighted by Gasteiger charge is 2.23. The molecule has 0 aromatic heterocycles. The Hall–Kier alpha value is -1.06. The molecule has 1 aromatic carbocycles. The normalized spacial score (nSPS) is 18.0. The van der Waals surface area contributed by atoms with Gasteiger partial charge in [0.1, 0.15) is 0 Å². The number of benzene rings is 1. The van der Waals surface area contributed by atoms with Crippen LogP contribution in [0.5, 0.6) is 0 Å². The van der Waals surface area contributed by atoms with E-state index in [9.17, 15) is 4.79 Å². The van der Waals surface area contributed by atoms with Crippen molar-refractivity contribution in [1.82, 2.24) is 10.2 Å². The Labute approximate surface area is 126 Å². The summed E-state index contributed by atoms with van der Waals surface area (Å²) in [5.41, 5.74) is 0.540. The maximum atomic E-state index is 12.2. The first-order valence-corrected chi connectivity index (χ1v) is 7.74. The van der Waals surface area contributed by atoms with Crippen LogP contribution >= 0.6 is 11.6 Å². The molecule has 1 fully saturated rings. The Bertz CT molecular complexity index is 458. The molecule has 20 heavy (non-hydrogen) atoms. The zero-order chi connectivity index (χ0) is 14.5. The molecule has 0 saturated heterocycles. The topological polar surface area (TPSA) is 32.3 Å². The predicted molar refractivity (Wildman–Crippen MR) is 83.0 cm³/mol. The highest BCUT2D eigenvalue weighted by Crippen LogP contribution is 2.22. The largest absolute Gasteiger partial charge is 0.337 e. The third kappa shape index (κ3) is 3.74. The molecule has 2 rings (SSSR count). The van der Waals surface area contributed by atoms with Gasteiger partial charge in [-0.25, -0.2) is 0 Å². The number of carbonyl (C=O) groups is 1. The van der Waals surface area contributed by atoms with Gasteiger partial charge >= 0.3 is 0 Å². The second-order valence-corrected chi connectivity index (χ2v) is 5.99. The Morgan fingerprint density at radius 2 is 1.95 bits per heavy atom. The second-order valence-electron chi connectivity index (χ2n) is 5.59. The summed E-state index contributed by atoms with van der Waals surface area (Å²) in [5.74, 6) is -0.106. The van der Waals surface area contributed by atoms with Crippen LogP contribution in [0.2, 0.25) is 5.02 Å². The summed E-state index contributed by atoms with van der Waals surface area (Å²) in [5, 5.41) is 3.53. The first-order chi connectivity index (χ1) is 9.59. The average molecular weight is 295 g/mol. The van der Waals surface area contributed by atoms with Gasteiger partial charge in [-0.3, -0.25) is 9.69 Å². The van der Waals surface area contributed by atoms with Crippen molar-refractivity contribution in [3.63, 3.8) is 0 Å².